The van der Waals surface area contributed by atoms with Crippen molar-refractivity contribution in [1.29, 1.82) is 0 Å². The molecule has 0 fully saturated rings. The number of nitrogens with one attached hydrogen (secondary N) is 1. The molecule has 1 N–H and O–H groups in total. The molecule has 0 aliphatic rings. The van der Waals surface area contributed by atoms with Gasteiger partial charge in [0.1, 0.15) is 11.4 Å². The highest BCUT2D eigenvalue weighted by molar-refractivity contribution is 5.95. The van der Waals surface area contributed by atoms with Crippen molar-refractivity contribution in [3.05, 3.63) is 48.3 Å². The van der Waals surface area contributed by atoms with Crippen LogP contribution in [0.2, 0.25) is 0 Å². The Morgan fingerprint density at radius 3 is 2.83 bits per heavy atom. The summed E-state index contributed by atoms with van der Waals surface area (Å²) < 4.78 is 5.41. The number of methoxy groups -OCH3 is 1. The van der Waals surface area contributed by atoms with Crippen molar-refractivity contribution in [2.45, 2.75) is 6.92 Å². The van der Waals surface area contributed by atoms with Gasteiger partial charge in [-0.2, -0.15) is 0 Å². The maximum atomic E-state index is 5.41. The molecule has 2 heterocycles. The zero-order valence-corrected chi connectivity index (χ0v) is 10.4. The fourth-order valence-electron chi connectivity index (χ4n) is 2.20. The van der Waals surface area contributed by atoms with Gasteiger partial charge in [-0.1, -0.05) is 18.2 Å². The summed E-state index contributed by atoms with van der Waals surface area (Å²) in [6, 6.07) is 10.2. The van der Waals surface area contributed by atoms with E-state index in [1.165, 1.54) is 0 Å². The molecule has 0 spiro atoms. The van der Waals surface area contributed by atoms with Gasteiger partial charge in [-0.25, -0.2) is 4.98 Å². The van der Waals surface area contributed by atoms with E-state index in [1.807, 2.05) is 37.5 Å². The van der Waals surface area contributed by atoms with E-state index in [0.29, 0.717) is 0 Å². The van der Waals surface area contributed by atoms with Crippen molar-refractivity contribution in [3.63, 3.8) is 0 Å². The third-order valence-corrected chi connectivity index (χ3v) is 3.06. The second kappa shape index (κ2) is 4.18. The predicted octanol–water partition coefficient (Wildman–Crippen LogP) is 3.55. The summed E-state index contributed by atoms with van der Waals surface area (Å²) in [7, 11) is 1.69. The first-order valence-electron chi connectivity index (χ1n) is 5.86. The number of nitrogens with zero attached hydrogens (tertiary/aromatic N) is 1. The highest BCUT2D eigenvalue weighted by atomic mass is 16.5. The maximum absolute atomic E-state index is 5.41. The van der Waals surface area contributed by atoms with Gasteiger partial charge in [-0.05, 0) is 24.6 Å². The molecule has 0 aliphatic heterocycles. The van der Waals surface area contributed by atoms with Crippen LogP contribution in [0.4, 0.5) is 0 Å². The van der Waals surface area contributed by atoms with Crippen molar-refractivity contribution in [2.75, 3.05) is 7.11 Å². The van der Waals surface area contributed by atoms with Crippen molar-refractivity contribution < 1.29 is 4.74 Å². The molecule has 0 bridgehead atoms. The van der Waals surface area contributed by atoms with Crippen LogP contribution < -0.4 is 4.74 Å². The number of rotatable bonds is 2. The Morgan fingerprint density at radius 1 is 1.17 bits per heavy atom. The molecule has 1 aromatic carbocycles. The summed E-state index contributed by atoms with van der Waals surface area (Å²) in [5.74, 6) is 0.875. The number of fused-ring (bicyclic) bond motifs is 1. The molecule has 0 aliphatic carbocycles. The molecule has 3 rings (SSSR count). The second-order valence-corrected chi connectivity index (χ2v) is 4.31. The van der Waals surface area contributed by atoms with E-state index >= 15 is 0 Å². The molecule has 3 heteroatoms. The van der Waals surface area contributed by atoms with Gasteiger partial charge in [0, 0.05) is 28.9 Å². The number of aromatic amines is 1. The fourth-order valence-corrected chi connectivity index (χ4v) is 2.20. The lowest BCUT2D eigenvalue weighted by molar-refractivity contribution is 0.416. The standard InChI is InChI=1S/C15H14N2O/c1-10-7-12-13(9-17-15(12)16-8-10)11-5-3-4-6-14(11)18-2/h3-9H,1-2H3,(H,16,17). The minimum Gasteiger partial charge on any atom is -0.496 e. The summed E-state index contributed by atoms with van der Waals surface area (Å²) >= 11 is 0. The number of aryl methyl sites for hydroxylation is 1. The molecule has 0 atom stereocenters. The van der Waals surface area contributed by atoms with Crippen LogP contribution in [0.1, 0.15) is 5.56 Å². The Bertz CT molecular complexity index is 701. The molecule has 2 aromatic heterocycles. The average molecular weight is 238 g/mol. The Hall–Kier alpha value is -2.29. The van der Waals surface area contributed by atoms with Crippen molar-refractivity contribution in [3.8, 4) is 16.9 Å². The molecule has 3 nitrogen and oxygen atoms in total. The van der Waals surface area contributed by atoms with E-state index in [-0.39, 0.29) is 0 Å². The van der Waals surface area contributed by atoms with E-state index in [9.17, 15) is 0 Å². The largest absolute Gasteiger partial charge is 0.496 e. The number of ether oxygens (including phenoxy) is 1. The molecular weight excluding hydrogens is 224 g/mol. The quantitative estimate of drug-likeness (QED) is 0.741. The number of para-hydroxylation sites is 1. The van der Waals surface area contributed by atoms with E-state index in [0.717, 1.165) is 33.5 Å². The number of hydrogen-bond acceptors (Lipinski definition) is 2. The zero-order chi connectivity index (χ0) is 12.5. The smallest absolute Gasteiger partial charge is 0.137 e. The van der Waals surface area contributed by atoms with Crippen LogP contribution in [-0.2, 0) is 0 Å². The Kier molecular flexibility index (Phi) is 2.52. The Labute approximate surface area is 105 Å². The maximum Gasteiger partial charge on any atom is 0.137 e. The number of benzene rings is 1. The molecule has 0 saturated heterocycles. The normalized spacial score (nSPS) is 10.8. The van der Waals surface area contributed by atoms with Crippen molar-refractivity contribution >= 4 is 11.0 Å². The van der Waals surface area contributed by atoms with Crippen LogP contribution in [0, 0.1) is 6.92 Å². The second-order valence-electron chi connectivity index (χ2n) is 4.31. The number of aromatic nitrogens is 2. The summed E-state index contributed by atoms with van der Waals surface area (Å²) in [4.78, 5) is 7.58. The minimum absolute atomic E-state index is 0.875. The third kappa shape index (κ3) is 1.64. The number of H-pyrrole nitrogens is 1. The van der Waals surface area contributed by atoms with Crippen LogP contribution in [0.25, 0.3) is 22.2 Å². The van der Waals surface area contributed by atoms with Gasteiger partial charge in [0.05, 0.1) is 7.11 Å². The topological polar surface area (TPSA) is 37.9 Å². The number of pyridine rings is 1. The zero-order valence-electron chi connectivity index (χ0n) is 10.4. The number of hydrogen-bond donors (Lipinski definition) is 1. The Morgan fingerprint density at radius 2 is 2.00 bits per heavy atom. The third-order valence-electron chi connectivity index (χ3n) is 3.06. The highest BCUT2D eigenvalue weighted by Crippen LogP contribution is 2.34. The van der Waals surface area contributed by atoms with Gasteiger partial charge >= 0.3 is 0 Å². The summed E-state index contributed by atoms with van der Waals surface area (Å²) in [6.07, 6.45) is 3.85. The van der Waals surface area contributed by atoms with E-state index < -0.39 is 0 Å². The molecule has 3 aromatic rings. The first kappa shape index (κ1) is 10.8. The average Bonchev–Trinajstić information content (AvgIpc) is 2.81. The van der Waals surface area contributed by atoms with Crippen LogP contribution in [-0.4, -0.2) is 17.1 Å². The SMILES string of the molecule is COc1ccccc1-c1c[nH]c2ncc(C)cc12. The summed E-state index contributed by atoms with van der Waals surface area (Å²) in [5.41, 5.74) is 4.26. The van der Waals surface area contributed by atoms with Gasteiger partial charge in [0.2, 0.25) is 0 Å². The van der Waals surface area contributed by atoms with E-state index in [4.69, 9.17) is 4.74 Å². The van der Waals surface area contributed by atoms with E-state index in [2.05, 4.69) is 22.1 Å². The van der Waals surface area contributed by atoms with Gasteiger partial charge in [0.25, 0.3) is 0 Å². The van der Waals surface area contributed by atoms with Crippen molar-refractivity contribution in [1.82, 2.24) is 9.97 Å². The predicted molar refractivity (Wildman–Crippen MR) is 72.8 cm³/mol. The fraction of sp³-hybridized carbons (Fsp3) is 0.133. The minimum atomic E-state index is 0.875. The first-order chi connectivity index (χ1) is 8.79. The summed E-state index contributed by atoms with van der Waals surface area (Å²) in [5, 5.41) is 1.12. The lowest BCUT2D eigenvalue weighted by Crippen LogP contribution is -1.86. The van der Waals surface area contributed by atoms with Crippen LogP contribution in [0.5, 0.6) is 5.75 Å². The van der Waals surface area contributed by atoms with Gasteiger partial charge < -0.3 is 9.72 Å². The van der Waals surface area contributed by atoms with Gasteiger partial charge in [-0.3, -0.25) is 0 Å². The molecule has 90 valence electrons. The molecule has 0 amide bonds. The van der Waals surface area contributed by atoms with Gasteiger partial charge in [0.15, 0.2) is 0 Å². The van der Waals surface area contributed by atoms with Crippen LogP contribution in [0.15, 0.2) is 42.7 Å². The molecule has 0 radical (unpaired) electrons. The van der Waals surface area contributed by atoms with E-state index in [1.54, 1.807) is 7.11 Å². The molecular formula is C15H14N2O. The Balaban J connectivity index is 2.28. The summed E-state index contributed by atoms with van der Waals surface area (Å²) in [6.45, 7) is 2.05. The lowest BCUT2D eigenvalue weighted by Gasteiger charge is -2.07. The van der Waals surface area contributed by atoms with Crippen molar-refractivity contribution in [2.24, 2.45) is 0 Å². The highest BCUT2D eigenvalue weighted by Gasteiger charge is 2.10. The monoisotopic (exact) mass is 238 g/mol. The first-order valence-corrected chi connectivity index (χ1v) is 5.86. The molecule has 0 saturated carbocycles. The lowest BCUT2D eigenvalue weighted by atomic mass is 10.0. The van der Waals surface area contributed by atoms with Gasteiger partial charge in [-0.15, -0.1) is 0 Å². The molecule has 0 unspecified atom stereocenters. The molecule has 18 heavy (non-hydrogen) atoms. The van der Waals surface area contributed by atoms with Crippen LogP contribution >= 0.6 is 0 Å². The van der Waals surface area contributed by atoms with Crippen LogP contribution in [0.3, 0.4) is 0 Å².